The second-order valence-electron chi connectivity index (χ2n) is 9.29. The molecule has 35 heavy (non-hydrogen) atoms. The van der Waals surface area contributed by atoms with Crippen molar-refractivity contribution in [2.24, 2.45) is 0 Å². The van der Waals surface area contributed by atoms with E-state index in [1.807, 2.05) is 37.3 Å². The molecule has 0 aliphatic carbocycles. The van der Waals surface area contributed by atoms with Gasteiger partial charge in [-0.1, -0.05) is 35.9 Å². The first-order valence-corrected chi connectivity index (χ1v) is 14.1. The molecule has 0 bridgehead atoms. The summed E-state index contributed by atoms with van der Waals surface area (Å²) in [6.45, 7) is 9.44. The summed E-state index contributed by atoms with van der Waals surface area (Å²) in [6.07, 6.45) is 0. The Morgan fingerprint density at radius 3 is 2.20 bits per heavy atom. The van der Waals surface area contributed by atoms with Crippen molar-refractivity contribution in [2.75, 3.05) is 82.6 Å². The van der Waals surface area contributed by atoms with E-state index in [0.29, 0.717) is 38.3 Å². The SMILES string of the molecule is Cc1ccc(C(=O)N(CCN2CCN(c3ccccc3)CC2)CCS(=O)(=O)N2CCNCC2)cc1. The number of sulfonamides is 1. The van der Waals surface area contributed by atoms with E-state index in [1.165, 1.54) is 5.69 Å². The van der Waals surface area contributed by atoms with Gasteiger partial charge in [-0.2, -0.15) is 4.31 Å². The van der Waals surface area contributed by atoms with E-state index in [-0.39, 0.29) is 18.2 Å². The molecule has 0 aromatic heterocycles. The monoisotopic (exact) mass is 499 g/mol. The summed E-state index contributed by atoms with van der Waals surface area (Å²) in [5, 5.41) is 3.19. The number of anilines is 1. The molecule has 2 aromatic rings. The van der Waals surface area contributed by atoms with Gasteiger partial charge in [0.25, 0.3) is 5.91 Å². The van der Waals surface area contributed by atoms with E-state index < -0.39 is 10.0 Å². The molecule has 1 N–H and O–H groups in total. The van der Waals surface area contributed by atoms with Crippen molar-refractivity contribution in [1.82, 2.24) is 19.4 Å². The van der Waals surface area contributed by atoms with Crippen LogP contribution in [0.5, 0.6) is 0 Å². The van der Waals surface area contributed by atoms with E-state index in [9.17, 15) is 13.2 Å². The summed E-state index contributed by atoms with van der Waals surface area (Å²) in [6, 6.07) is 17.9. The number of nitrogens with one attached hydrogen (secondary N) is 1. The lowest BCUT2D eigenvalue weighted by molar-refractivity contribution is 0.0743. The van der Waals surface area contributed by atoms with Gasteiger partial charge in [0.2, 0.25) is 10.0 Å². The van der Waals surface area contributed by atoms with Gasteiger partial charge in [0, 0.05) is 83.2 Å². The Balaban J connectivity index is 1.36. The maximum absolute atomic E-state index is 13.3. The fourth-order valence-corrected chi connectivity index (χ4v) is 6.05. The molecular formula is C26H37N5O3S. The normalized spacial score (nSPS) is 17.9. The number of piperazine rings is 2. The number of hydrogen-bond acceptors (Lipinski definition) is 6. The molecule has 2 aromatic carbocycles. The average Bonchev–Trinajstić information content (AvgIpc) is 2.90. The van der Waals surface area contributed by atoms with Crippen molar-refractivity contribution in [2.45, 2.75) is 6.92 Å². The Bertz CT molecular complexity index is 1050. The lowest BCUT2D eigenvalue weighted by Gasteiger charge is -2.37. The number of carbonyl (C=O) groups excluding carboxylic acids is 1. The molecule has 190 valence electrons. The number of rotatable bonds is 9. The molecular weight excluding hydrogens is 462 g/mol. The fourth-order valence-electron chi connectivity index (χ4n) is 4.60. The van der Waals surface area contributed by atoms with Crippen molar-refractivity contribution in [3.63, 3.8) is 0 Å². The molecule has 8 nitrogen and oxygen atoms in total. The molecule has 9 heteroatoms. The number of carbonyl (C=O) groups is 1. The zero-order chi connectivity index (χ0) is 24.7. The Morgan fingerprint density at radius 1 is 0.886 bits per heavy atom. The lowest BCUT2D eigenvalue weighted by Crippen LogP contribution is -2.50. The Kier molecular flexibility index (Phi) is 8.78. The van der Waals surface area contributed by atoms with Crippen LogP contribution in [0.1, 0.15) is 15.9 Å². The fraction of sp³-hybridized carbons (Fsp3) is 0.500. The Morgan fingerprint density at radius 2 is 1.54 bits per heavy atom. The number of hydrogen-bond donors (Lipinski definition) is 1. The van der Waals surface area contributed by atoms with Crippen LogP contribution in [0, 0.1) is 6.92 Å². The van der Waals surface area contributed by atoms with Gasteiger partial charge in [-0.3, -0.25) is 9.69 Å². The molecule has 0 radical (unpaired) electrons. The minimum atomic E-state index is -3.40. The van der Waals surface area contributed by atoms with Crippen LogP contribution in [0.3, 0.4) is 0 Å². The minimum Gasteiger partial charge on any atom is -0.369 e. The highest BCUT2D eigenvalue weighted by Gasteiger charge is 2.26. The molecule has 0 saturated carbocycles. The van der Waals surface area contributed by atoms with Gasteiger partial charge < -0.3 is 15.1 Å². The molecule has 0 spiro atoms. The van der Waals surface area contributed by atoms with E-state index in [2.05, 4.69) is 39.4 Å². The van der Waals surface area contributed by atoms with Gasteiger partial charge in [-0.15, -0.1) is 0 Å². The van der Waals surface area contributed by atoms with Crippen LogP contribution in [-0.2, 0) is 10.0 Å². The molecule has 2 heterocycles. The highest BCUT2D eigenvalue weighted by atomic mass is 32.2. The van der Waals surface area contributed by atoms with Crippen LogP contribution in [0.25, 0.3) is 0 Å². The topological polar surface area (TPSA) is 76.2 Å². The van der Waals surface area contributed by atoms with Crippen molar-refractivity contribution in [1.29, 1.82) is 0 Å². The van der Waals surface area contributed by atoms with Gasteiger partial charge in [0.05, 0.1) is 5.75 Å². The highest BCUT2D eigenvalue weighted by molar-refractivity contribution is 7.89. The molecule has 2 aliphatic heterocycles. The third-order valence-electron chi connectivity index (χ3n) is 6.85. The van der Waals surface area contributed by atoms with Crippen molar-refractivity contribution < 1.29 is 13.2 Å². The Hall–Kier alpha value is -2.46. The molecule has 2 saturated heterocycles. The average molecular weight is 500 g/mol. The van der Waals surface area contributed by atoms with Crippen molar-refractivity contribution in [3.05, 3.63) is 65.7 Å². The lowest BCUT2D eigenvalue weighted by atomic mass is 10.1. The number of nitrogens with zero attached hydrogens (tertiary/aromatic N) is 4. The summed E-state index contributed by atoms with van der Waals surface area (Å²) in [5.41, 5.74) is 2.93. The molecule has 0 atom stereocenters. The van der Waals surface area contributed by atoms with Gasteiger partial charge in [0.1, 0.15) is 0 Å². The second-order valence-corrected chi connectivity index (χ2v) is 11.4. The summed E-state index contributed by atoms with van der Waals surface area (Å²) in [4.78, 5) is 19.8. The summed E-state index contributed by atoms with van der Waals surface area (Å²) in [5.74, 6) is -0.157. The van der Waals surface area contributed by atoms with Gasteiger partial charge in [-0.05, 0) is 31.2 Å². The van der Waals surface area contributed by atoms with E-state index in [4.69, 9.17) is 0 Å². The number of amides is 1. The molecule has 2 fully saturated rings. The van der Waals surface area contributed by atoms with Crippen LogP contribution in [0.4, 0.5) is 5.69 Å². The van der Waals surface area contributed by atoms with Crippen LogP contribution >= 0.6 is 0 Å². The predicted molar refractivity (Wildman–Crippen MR) is 140 cm³/mol. The molecule has 4 rings (SSSR count). The highest BCUT2D eigenvalue weighted by Crippen LogP contribution is 2.16. The number of benzene rings is 2. The molecule has 2 aliphatic rings. The summed E-state index contributed by atoms with van der Waals surface area (Å²) in [7, 11) is -3.40. The van der Waals surface area contributed by atoms with Gasteiger partial charge >= 0.3 is 0 Å². The molecule has 0 unspecified atom stereocenters. The third kappa shape index (κ3) is 7.04. The van der Waals surface area contributed by atoms with Gasteiger partial charge in [0.15, 0.2) is 0 Å². The smallest absolute Gasteiger partial charge is 0.253 e. The Labute approximate surface area is 209 Å². The predicted octanol–water partition coefficient (Wildman–Crippen LogP) is 1.49. The van der Waals surface area contributed by atoms with Crippen LogP contribution in [0.15, 0.2) is 54.6 Å². The number of para-hydroxylation sites is 1. The van der Waals surface area contributed by atoms with Crippen molar-refractivity contribution >= 4 is 21.6 Å². The van der Waals surface area contributed by atoms with E-state index in [0.717, 1.165) is 38.3 Å². The zero-order valence-corrected chi connectivity index (χ0v) is 21.4. The van der Waals surface area contributed by atoms with Crippen LogP contribution in [-0.4, -0.2) is 106 Å². The van der Waals surface area contributed by atoms with Gasteiger partial charge in [-0.25, -0.2) is 8.42 Å². The standard InChI is InChI=1S/C26H37N5O3S/c1-23-7-9-24(10-8-23)26(32)30(21-22-35(33,34)31-13-11-27-12-14-31)20-17-28-15-18-29(19-16-28)25-5-3-2-4-6-25/h2-10,27H,11-22H2,1H3. The van der Waals surface area contributed by atoms with Crippen molar-refractivity contribution in [3.8, 4) is 0 Å². The minimum absolute atomic E-state index is 0.0492. The van der Waals surface area contributed by atoms with E-state index >= 15 is 0 Å². The van der Waals surface area contributed by atoms with Crippen LogP contribution in [0.2, 0.25) is 0 Å². The third-order valence-corrected chi connectivity index (χ3v) is 8.70. The summed E-state index contributed by atoms with van der Waals surface area (Å²) >= 11 is 0. The van der Waals surface area contributed by atoms with Crippen LogP contribution < -0.4 is 10.2 Å². The second kappa shape index (κ2) is 12.0. The molecule has 1 amide bonds. The zero-order valence-electron chi connectivity index (χ0n) is 20.6. The largest absolute Gasteiger partial charge is 0.369 e. The first-order chi connectivity index (χ1) is 16.9. The number of aryl methyl sites for hydroxylation is 1. The summed E-state index contributed by atoms with van der Waals surface area (Å²) < 4.78 is 27.4. The maximum Gasteiger partial charge on any atom is 0.253 e. The quantitative estimate of drug-likeness (QED) is 0.564. The first kappa shape index (κ1) is 25.6. The first-order valence-electron chi connectivity index (χ1n) is 12.5. The van der Waals surface area contributed by atoms with E-state index in [1.54, 1.807) is 9.21 Å². The maximum atomic E-state index is 13.3.